The first kappa shape index (κ1) is 26.5. The van der Waals surface area contributed by atoms with Gasteiger partial charge in [-0.25, -0.2) is 0 Å². The molecule has 1 heterocycles. The molecule has 0 spiro atoms. The van der Waals surface area contributed by atoms with Crippen molar-refractivity contribution >= 4 is 0 Å². The molecular formula is C34H51N. The lowest BCUT2D eigenvalue weighted by molar-refractivity contribution is 0.291. The monoisotopic (exact) mass is 473 g/mol. The van der Waals surface area contributed by atoms with E-state index in [1.165, 1.54) is 115 Å². The molecule has 4 unspecified atom stereocenters. The van der Waals surface area contributed by atoms with Gasteiger partial charge in [0, 0.05) is 12.0 Å². The van der Waals surface area contributed by atoms with Crippen molar-refractivity contribution in [2.75, 3.05) is 6.54 Å². The Labute approximate surface area is 216 Å². The zero-order valence-electron chi connectivity index (χ0n) is 22.5. The zero-order chi connectivity index (χ0) is 24.1. The summed E-state index contributed by atoms with van der Waals surface area (Å²) in [4.78, 5) is 0. The van der Waals surface area contributed by atoms with Crippen LogP contribution in [0.25, 0.3) is 0 Å². The zero-order valence-corrected chi connectivity index (χ0v) is 22.5. The van der Waals surface area contributed by atoms with Gasteiger partial charge >= 0.3 is 0 Å². The van der Waals surface area contributed by atoms with Gasteiger partial charge in [-0.3, -0.25) is 0 Å². The number of nitrogens with one attached hydrogen (secondary N) is 1. The van der Waals surface area contributed by atoms with Gasteiger partial charge < -0.3 is 5.32 Å². The van der Waals surface area contributed by atoms with Crippen molar-refractivity contribution in [1.29, 1.82) is 0 Å². The van der Waals surface area contributed by atoms with Crippen LogP contribution in [0, 0.1) is 11.8 Å². The second-order valence-electron chi connectivity index (χ2n) is 11.5. The molecule has 1 nitrogen and oxygen atoms in total. The van der Waals surface area contributed by atoms with Crippen LogP contribution in [0.1, 0.15) is 126 Å². The van der Waals surface area contributed by atoms with E-state index in [0.717, 1.165) is 11.8 Å². The fourth-order valence-electron chi connectivity index (χ4n) is 7.04. The van der Waals surface area contributed by atoms with Crippen molar-refractivity contribution in [3.63, 3.8) is 0 Å². The topological polar surface area (TPSA) is 12.0 Å². The highest BCUT2D eigenvalue weighted by Crippen LogP contribution is 2.48. The Balaban J connectivity index is 1.15. The Hall–Kier alpha value is -1.60. The lowest BCUT2D eigenvalue weighted by atomic mass is 9.65. The molecule has 4 rings (SSSR count). The van der Waals surface area contributed by atoms with Gasteiger partial charge in [0.1, 0.15) is 0 Å². The second kappa shape index (κ2) is 14.8. The third-order valence-corrected chi connectivity index (χ3v) is 8.94. The van der Waals surface area contributed by atoms with Crippen LogP contribution >= 0.6 is 0 Å². The summed E-state index contributed by atoms with van der Waals surface area (Å²) in [5.41, 5.74) is 4.69. The first-order valence-corrected chi connectivity index (χ1v) is 15.2. The van der Waals surface area contributed by atoms with Crippen molar-refractivity contribution in [2.45, 2.75) is 122 Å². The Morgan fingerprint density at radius 3 is 1.89 bits per heavy atom. The Kier molecular flexibility index (Phi) is 11.2. The van der Waals surface area contributed by atoms with Crippen molar-refractivity contribution in [3.8, 4) is 0 Å². The largest absolute Gasteiger partial charge is 0.313 e. The van der Waals surface area contributed by atoms with Crippen LogP contribution in [0.15, 0.2) is 54.6 Å². The summed E-state index contributed by atoms with van der Waals surface area (Å²) < 4.78 is 0. The van der Waals surface area contributed by atoms with E-state index in [4.69, 9.17) is 0 Å². The Bertz CT molecular complexity index is 827. The molecule has 1 saturated heterocycles. The van der Waals surface area contributed by atoms with Gasteiger partial charge in [-0.05, 0) is 47.9 Å². The van der Waals surface area contributed by atoms with E-state index in [1.54, 1.807) is 11.1 Å². The fourth-order valence-corrected chi connectivity index (χ4v) is 7.04. The fraction of sp³-hybridized carbons (Fsp3) is 0.647. The van der Waals surface area contributed by atoms with Crippen molar-refractivity contribution in [2.24, 2.45) is 11.8 Å². The minimum Gasteiger partial charge on any atom is -0.313 e. The Morgan fingerprint density at radius 2 is 1.23 bits per heavy atom. The number of hydrogen-bond acceptors (Lipinski definition) is 1. The van der Waals surface area contributed by atoms with E-state index in [-0.39, 0.29) is 0 Å². The first-order chi connectivity index (χ1) is 17.4. The molecule has 0 saturated carbocycles. The summed E-state index contributed by atoms with van der Waals surface area (Å²) in [6.07, 6.45) is 22.8. The minimum atomic E-state index is 0.554. The molecular weight excluding hydrogens is 422 g/mol. The average Bonchev–Trinajstić information content (AvgIpc) is 3.30. The second-order valence-corrected chi connectivity index (χ2v) is 11.5. The average molecular weight is 474 g/mol. The van der Waals surface area contributed by atoms with Gasteiger partial charge in [-0.1, -0.05) is 151 Å². The summed E-state index contributed by atoms with van der Waals surface area (Å²) in [6, 6.07) is 21.3. The molecule has 1 N–H and O–H groups in total. The molecule has 2 aromatic rings. The minimum absolute atomic E-state index is 0.554. The van der Waals surface area contributed by atoms with Gasteiger partial charge in [0.05, 0.1) is 0 Å². The summed E-state index contributed by atoms with van der Waals surface area (Å²) in [5, 5.41) is 3.98. The molecule has 192 valence electrons. The molecule has 1 aliphatic heterocycles. The van der Waals surface area contributed by atoms with Crippen LogP contribution in [0.2, 0.25) is 0 Å². The highest BCUT2D eigenvalue weighted by Gasteiger charge is 2.45. The Morgan fingerprint density at radius 1 is 0.657 bits per heavy atom. The van der Waals surface area contributed by atoms with E-state index in [2.05, 4.69) is 66.8 Å². The van der Waals surface area contributed by atoms with Crippen LogP contribution in [-0.4, -0.2) is 12.6 Å². The molecule has 35 heavy (non-hydrogen) atoms. The summed E-state index contributed by atoms with van der Waals surface area (Å²) in [5.74, 6) is 2.08. The molecule has 4 atom stereocenters. The highest BCUT2D eigenvalue weighted by molar-refractivity contribution is 5.42. The maximum absolute atomic E-state index is 3.98. The van der Waals surface area contributed by atoms with Gasteiger partial charge in [-0.15, -0.1) is 0 Å². The van der Waals surface area contributed by atoms with Gasteiger partial charge in [0.25, 0.3) is 0 Å². The van der Waals surface area contributed by atoms with E-state index < -0.39 is 0 Å². The van der Waals surface area contributed by atoms with Gasteiger partial charge in [-0.2, -0.15) is 0 Å². The van der Waals surface area contributed by atoms with Crippen LogP contribution in [0.4, 0.5) is 0 Å². The predicted octanol–water partition coefficient (Wildman–Crippen LogP) is 9.45. The van der Waals surface area contributed by atoms with Crippen molar-refractivity contribution < 1.29 is 0 Å². The molecule has 0 aromatic heterocycles. The SMILES string of the molecule is CCCCCCCCCCCCCCCCC1NCC2Cc3ccccc3C(c3ccccc3)C21. The number of rotatable bonds is 16. The molecule has 1 fully saturated rings. The highest BCUT2D eigenvalue weighted by atomic mass is 15.0. The number of hydrogen-bond donors (Lipinski definition) is 1. The van der Waals surface area contributed by atoms with Crippen molar-refractivity contribution in [1.82, 2.24) is 5.32 Å². The standard InChI is InChI=1S/C34H51N/c1-2-3-4-5-6-7-8-9-10-11-12-13-14-18-25-32-34-30(27-35-32)26-29-23-19-20-24-31(29)33(34)28-21-16-15-17-22-28/h15-17,19-24,30,32-35H,2-14,18,25-27H2,1H3. The summed E-state index contributed by atoms with van der Waals surface area (Å²) in [6.45, 7) is 3.50. The molecule has 0 bridgehead atoms. The summed E-state index contributed by atoms with van der Waals surface area (Å²) in [7, 11) is 0. The predicted molar refractivity (Wildman–Crippen MR) is 152 cm³/mol. The quantitative estimate of drug-likeness (QED) is 0.239. The van der Waals surface area contributed by atoms with Crippen molar-refractivity contribution in [3.05, 3.63) is 71.3 Å². The van der Waals surface area contributed by atoms with E-state index >= 15 is 0 Å². The van der Waals surface area contributed by atoms with Gasteiger partial charge in [0.2, 0.25) is 0 Å². The van der Waals surface area contributed by atoms with E-state index in [1.807, 2.05) is 0 Å². The first-order valence-electron chi connectivity index (χ1n) is 15.2. The lowest BCUT2D eigenvalue weighted by Crippen LogP contribution is -2.35. The maximum Gasteiger partial charge on any atom is 0.0138 e. The number of benzene rings is 2. The summed E-state index contributed by atoms with van der Waals surface area (Å²) >= 11 is 0. The van der Waals surface area contributed by atoms with Crippen LogP contribution < -0.4 is 5.32 Å². The normalized spacial score (nSPS) is 23.2. The van der Waals surface area contributed by atoms with Crippen LogP contribution in [0.3, 0.4) is 0 Å². The number of fused-ring (bicyclic) bond motifs is 2. The van der Waals surface area contributed by atoms with E-state index in [0.29, 0.717) is 12.0 Å². The molecule has 2 aromatic carbocycles. The van der Waals surface area contributed by atoms with Crippen LogP contribution in [-0.2, 0) is 6.42 Å². The molecule has 2 aliphatic rings. The van der Waals surface area contributed by atoms with Gasteiger partial charge in [0.15, 0.2) is 0 Å². The number of unbranched alkanes of at least 4 members (excludes halogenated alkanes) is 13. The molecule has 1 aliphatic carbocycles. The molecule has 0 radical (unpaired) electrons. The smallest absolute Gasteiger partial charge is 0.0138 e. The molecule has 1 heteroatoms. The van der Waals surface area contributed by atoms with Crippen LogP contribution in [0.5, 0.6) is 0 Å². The lowest BCUT2D eigenvalue weighted by Gasteiger charge is -2.38. The third-order valence-electron chi connectivity index (χ3n) is 8.94. The maximum atomic E-state index is 3.98. The third kappa shape index (κ3) is 7.69. The van der Waals surface area contributed by atoms with E-state index in [9.17, 15) is 0 Å². The molecule has 0 amide bonds.